The molecule has 3 nitrogen and oxygen atoms in total. The third kappa shape index (κ3) is 4.95. The first-order valence-electron chi connectivity index (χ1n) is 6.64. The van der Waals surface area contributed by atoms with Crippen molar-refractivity contribution in [3.63, 3.8) is 0 Å². The highest BCUT2D eigenvalue weighted by Gasteiger charge is 2.16. The van der Waals surface area contributed by atoms with Gasteiger partial charge in [-0.3, -0.25) is 0 Å². The monoisotopic (exact) mass is 347 g/mol. The Kier molecular flexibility index (Phi) is 5.95. The summed E-state index contributed by atoms with van der Waals surface area (Å²) in [6.45, 7) is 0.819. The van der Waals surface area contributed by atoms with Gasteiger partial charge in [0.1, 0.15) is 0 Å². The SMILES string of the molecule is OC(CNc1ccc(Br)cc1Cl)COC1CCCC1. The Bertz CT molecular complexity index is 410. The lowest BCUT2D eigenvalue weighted by Crippen LogP contribution is -2.27. The first kappa shape index (κ1) is 15.1. The van der Waals surface area contributed by atoms with E-state index in [4.69, 9.17) is 16.3 Å². The molecule has 0 heterocycles. The molecular formula is C14H19BrClNO2. The number of ether oxygens (including phenoxy) is 1. The highest BCUT2D eigenvalue weighted by Crippen LogP contribution is 2.25. The number of hydrogen-bond donors (Lipinski definition) is 2. The van der Waals surface area contributed by atoms with Crippen LogP contribution in [-0.2, 0) is 4.74 Å². The van der Waals surface area contributed by atoms with E-state index < -0.39 is 6.10 Å². The van der Waals surface area contributed by atoms with E-state index in [1.807, 2.05) is 18.2 Å². The van der Waals surface area contributed by atoms with Crippen LogP contribution in [0, 0.1) is 0 Å². The van der Waals surface area contributed by atoms with E-state index in [9.17, 15) is 5.11 Å². The van der Waals surface area contributed by atoms with Crippen LogP contribution in [0.25, 0.3) is 0 Å². The molecule has 0 aliphatic heterocycles. The second-order valence-electron chi connectivity index (χ2n) is 4.90. The molecule has 1 aliphatic carbocycles. The summed E-state index contributed by atoms with van der Waals surface area (Å²) in [7, 11) is 0. The van der Waals surface area contributed by atoms with Gasteiger partial charge < -0.3 is 15.2 Å². The lowest BCUT2D eigenvalue weighted by molar-refractivity contribution is -0.00117. The van der Waals surface area contributed by atoms with E-state index >= 15 is 0 Å². The smallest absolute Gasteiger partial charge is 0.0945 e. The molecule has 106 valence electrons. The largest absolute Gasteiger partial charge is 0.389 e. The van der Waals surface area contributed by atoms with Crippen LogP contribution in [0.4, 0.5) is 5.69 Å². The Morgan fingerprint density at radius 2 is 2.16 bits per heavy atom. The van der Waals surface area contributed by atoms with Gasteiger partial charge in [-0.1, -0.05) is 40.4 Å². The Morgan fingerprint density at radius 1 is 1.42 bits per heavy atom. The Balaban J connectivity index is 1.71. The van der Waals surface area contributed by atoms with Crippen LogP contribution in [0.5, 0.6) is 0 Å². The molecule has 1 fully saturated rings. The number of anilines is 1. The zero-order valence-corrected chi connectivity index (χ0v) is 13.1. The zero-order chi connectivity index (χ0) is 13.7. The Hall–Kier alpha value is -0.290. The molecule has 0 bridgehead atoms. The fourth-order valence-corrected chi connectivity index (χ4v) is 2.96. The summed E-state index contributed by atoms with van der Waals surface area (Å²) in [6.07, 6.45) is 4.56. The van der Waals surface area contributed by atoms with Crippen LogP contribution in [0.15, 0.2) is 22.7 Å². The minimum Gasteiger partial charge on any atom is -0.389 e. The van der Waals surface area contributed by atoms with E-state index in [1.165, 1.54) is 12.8 Å². The van der Waals surface area contributed by atoms with Crippen molar-refractivity contribution in [1.29, 1.82) is 0 Å². The van der Waals surface area contributed by atoms with Crippen molar-refractivity contribution in [2.75, 3.05) is 18.5 Å². The molecule has 2 rings (SSSR count). The maximum Gasteiger partial charge on any atom is 0.0945 e. The van der Waals surface area contributed by atoms with Gasteiger partial charge in [0.25, 0.3) is 0 Å². The number of nitrogens with one attached hydrogen (secondary N) is 1. The van der Waals surface area contributed by atoms with Crippen molar-refractivity contribution in [2.24, 2.45) is 0 Å². The third-order valence-corrected chi connectivity index (χ3v) is 4.09. The highest BCUT2D eigenvalue weighted by atomic mass is 79.9. The molecule has 5 heteroatoms. The highest BCUT2D eigenvalue weighted by molar-refractivity contribution is 9.10. The maximum atomic E-state index is 9.88. The van der Waals surface area contributed by atoms with E-state index in [0.717, 1.165) is 23.0 Å². The molecule has 1 saturated carbocycles. The molecule has 1 aromatic carbocycles. The minimum absolute atomic E-state index is 0.339. The maximum absolute atomic E-state index is 9.88. The summed E-state index contributed by atoms with van der Waals surface area (Å²) in [5, 5.41) is 13.6. The van der Waals surface area contributed by atoms with Crippen LogP contribution in [0.1, 0.15) is 25.7 Å². The van der Waals surface area contributed by atoms with Crippen LogP contribution in [0.2, 0.25) is 5.02 Å². The lowest BCUT2D eigenvalue weighted by Gasteiger charge is -2.17. The van der Waals surface area contributed by atoms with E-state index in [1.54, 1.807) is 0 Å². The molecule has 0 saturated heterocycles. The van der Waals surface area contributed by atoms with Gasteiger partial charge in [-0.05, 0) is 31.0 Å². The second-order valence-corrected chi connectivity index (χ2v) is 6.22. The first-order chi connectivity index (χ1) is 9.15. The summed E-state index contributed by atoms with van der Waals surface area (Å²) >= 11 is 9.45. The van der Waals surface area contributed by atoms with Crippen molar-refractivity contribution < 1.29 is 9.84 Å². The van der Waals surface area contributed by atoms with Gasteiger partial charge in [0.15, 0.2) is 0 Å². The fourth-order valence-electron chi connectivity index (χ4n) is 2.22. The van der Waals surface area contributed by atoms with E-state index in [0.29, 0.717) is 24.3 Å². The molecule has 0 amide bonds. The van der Waals surface area contributed by atoms with Gasteiger partial charge in [-0.15, -0.1) is 0 Å². The summed E-state index contributed by atoms with van der Waals surface area (Å²) < 4.78 is 6.61. The molecule has 0 aromatic heterocycles. The molecular weight excluding hydrogens is 330 g/mol. The molecule has 0 spiro atoms. The van der Waals surface area contributed by atoms with Gasteiger partial charge in [0, 0.05) is 11.0 Å². The van der Waals surface area contributed by atoms with Crippen molar-refractivity contribution in [2.45, 2.75) is 37.9 Å². The first-order valence-corrected chi connectivity index (χ1v) is 7.81. The quantitative estimate of drug-likeness (QED) is 0.821. The number of rotatable bonds is 6. The minimum atomic E-state index is -0.514. The molecule has 19 heavy (non-hydrogen) atoms. The summed E-state index contributed by atoms with van der Waals surface area (Å²) in [5.74, 6) is 0. The summed E-state index contributed by atoms with van der Waals surface area (Å²) in [4.78, 5) is 0. The Labute approximate surface area is 127 Å². The predicted octanol–water partition coefficient (Wildman–Crippen LogP) is 3.83. The van der Waals surface area contributed by atoms with Crippen LogP contribution < -0.4 is 5.32 Å². The third-order valence-electron chi connectivity index (χ3n) is 3.29. The van der Waals surface area contributed by atoms with Crippen LogP contribution >= 0.6 is 27.5 Å². The molecule has 1 aromatic rings. The van der Waals surface area contributed by atoms with Gasteiger partial charge in [0.2, 0.25) is 0 Å². The van der Waals surface area contributed by atoms with E-state index in [-0.39, 0.29) is 0 Å². The van der Waals surface area contributed by atoms with Gasteiger partial charge in [-0.25, -0.2) is 0 Å². The van der Waals surface area contributed by atoms with Crippen LogP contribution in [-0.4, -0.2) is 30.5 Å². The fraction of sp³-hybridized carbons (Fsp3) is 0.571. The van der Waals surface area contributed by atoms with Crippen LogP contribution in [0.3, 0.4) is 0 Å². The standard InChI is InChI=1S/C14H19BrClNO2/c15-10-5-6-14(13(16)7-10)17-8-11(18)9-19-12-3-1-2-4-12/h5-7,11-12,17-18H,1-4,8-9H2. The number of aliphatic hydroxyl groups is 1. The van der Waals surface area contributed by atoms with Crippen molar-refractivity contribution in [3.05, 3.63) is 27.7 Å². The van der Waals surface area contributed by atoms with E-state index in [2.05, 4.69) is 21.2 Å². The number of halogens is 2. The molecule has 1 atom stereocenters. The second kappa shape index (κ2) is 7.48. The van der Waals surface area contributed by atoms with Crippen molar-refractivity contribution in [1.82, 2.24) is 0 Å². The van der Waals surface area contributed by atoms with Gasteiger partial charge in [0.05, 0.1) is 29.5 Å². The lowest BCUT2D eigenvalue weighted by atomic mass is 10.3. The molecule has 2 N–H and O–H groups in total. The number of benzene rings is 1. The molecule has 1 unspecified atom stereocenters. The summed E-state index contributed by atoms with van der Waals surface area (Å²) in [5.41, 5.74) is 0.824. The number of aliphatic hydroxyl groups excluding tert-OH is 1. The molecule has 1 aliphatic rings. The summed E-state index contributed by atoms with van der Waals surface area (Å²) in [6, 6.07) is 5.62. The van der Waals surface area contributed by atoms with Gasteiger partial charge in [-0.2, -0.15) is 0 Å². The Morgan fingerprint density at radius 3 is 2.84 bits per heavy atom. The predicted molar refractivity (Wildman–Crippen MR) is 81.9 cm³/mol. The van der Waals surface area contributed by atoms with Crippen molar-refractivity contribution in [3.8, 4) is 0 Å². The van der Waals surface area contributed by atoms with Gasteiger partial charge >= 0.3 is 0 Å². The topological polar surface area (TPSA) is 41.5 Å². The number of hydrogen-bond acceptors (Lipinski definition) is 3. The average molecular weight is 349 g/mol. The zero-order valence-electron chi connectivity index (χ0n) is 10.7. The molecule has 0 radical (unpaired) electrons. The average Bonchev–Trinajstić information content (AvgIpc) is 2.88. The van der Waals surface area contributed by atoms with Crippen molar-refractivity contribution >= 4 is 33.2 Å². The normalized spacial score (nSPS) is 17.6.